The average Bonchev–Trinajstić information content (AvgIpc) is 2.63. The minimum absolute atomic E-state index is 0.857. The lowest BCUT2D eigenvalue weighted by molar-refractivity contribution is 0.479. The van der Waals surface area contributed by atoms with Crippen LogP contribution >= 0.6 is 0 Å². The quantitative estimate of drug-likeness (QED) is 0.612. The molecule has 1 aliphatic heterocycles. The van der Waals surface area contributed by atoms with E-state index < -0.39 is 0 Å². The third-order valence-electron chi connectivity index (χ3n) is 3.03. The van der Waals surface area contributed by atoms with Gasteiger partial charge in [-0.25, -0.2) is 0 Å². The molecule has 0 bridgehead atoms. The molecule has 0 amide bonds. The van der Waals surface area contributed by atoms with Crippen molar-refractivity contribution >= 4 is 0 Å². The summed E-state index contributed by atoms with van der Waals surface area (Å²) in [5.41, 5.74) is 0. The normalized spacial score (nSPS) is 22.1. The summed E-state index contributed by atoms with van der Waals surface area (Å²) >= 11 is 0. The van der Waals surface area contributed by atoms with E-state index in [-0.39, 0.29) is 0 Å². The van der Waals surface area contributed by atoms with Crippen LogP contribution in [-0.4, -0.2) is 26.2 Å². The molecule has 0 radical (unpaired) electrons. The van der Waals surface area contributed by atoms with Crippen molar-refractivity contribution < 1.29 is 0 Å². The first-order valence-corrected chi connectivity index (χ1v) is 6.20. The van der Waals surface area contributed by atoms with Gasteiger partial charge in [0, 0.05) is 0 Å². The van der Waals surface area contributed by atoms with Crippen molar-refractivity contribution in [2.75, 3.05) is 26.2 Å². The topological polar surface area (TPSA) is 24.1 Å². The molecular formula is C12H26N2. The molecule has 0 spiro atoms. The molecule has 1 aliphatic rings. The van der Waals surface area contributed by atoms with Gasteiger partial charge in [-0.15, -0.1) is 0 Å². The molecule has 2 N–H and O–H groups in total. The van der Waals surface area contributed by atoms with Crippen LogP contribution < -0.4 is 10.6 Å². The summed E-state index contributed by atoms with van der Waals surface area (Å²) in [6, 6.07) is 0. The molecule has 1 rings (SSSR count). The van der Waals surface area contributed by atoms with Crippen molar-refractivity contribution in [2.45, 2.75) is 39.5 Å². The van der Waals surface area contributed by atoms with E-state index in [0.717, 1.165) is 11.8 Å². The predicted octanol–water partition coefficient (Wildman–Crippen LogP) is 2.01. The Hall–Kier alpha value is -0.0800. The van der Waals surface area contributed by atoms with Gasteiger partial charge in [0.1, 0.15) is 0 Å². The van der Waals surface area contributed by atoms with Gasteiger partial charge in [0.25, 0.3) is 0 Å². The second kappa shape index (κ2) is 7.24. The molecule has 0 aromatic carbocycles. The molecule has 0 aromatic rings. The van der Waals surface area contributed by atoms with Crippen LogP contribution in [0.1, 0.15) is 39.5 Å². The van der Waals surface area contributed by atoms with E-state index >= 15 is 0 Å². The van der Waals surface area contributed by atoms with E-state index in [1.54, 1.807) is 0 Å². The number of hydrogen-bond acceptors (Lipinski definition) is 2. The van der Waals surface area contributed by atoms with Crippen LogP contribution in [0.25, 0.3) is 0 Å². The summed E-state index contributed by atoms with van der Waals surface area (Å²) in [6.45, 7) is 9.49. The van der Waals surface area contributed by atoms with Crippen LogP contribution in [0.5, 0.6) is 0 Å². The second-order valence-corrected chi connectivity index (χ2v) is 4.93. The highest BCUT2D eigenvalue weighted by molar-refractivity contribution is 4.71. The van der Waals surface area contributed by atoms with Gasteiger partial charge in [-0.3, -0.25) is 0 Å². The van der Waals surface area contributed by atoms with E-state index in [2.05, 4.69) is 24.5 Å². The molecule has 2 nitrogen and oxygen atoms in total. The zero-order chi connectivity index (χ0) is 10.2. The third-order valence-corrected chi connectivity index (χ3v) is 3.03. The molecule has 0 aromatic heterocycles. The van der Waals surface area contributed by atoms with Crippen molar-refractivity contribution in [1.29, 1.82) is 0 Å². The summed E-state index contributed by atoms with van der Waals surface area (Å²) in [6.07, 6.45) is 5.43. The lowest BCUT2D eigenvalue weighted by atomic mass is 10.1. The molecule has 0 aliphatic carbocycles. The highest BCUT2D eigenvalue weighted by Gasteiger charge is 2.12. The third kappa shape index (κ3) is 5.61. The van der Waals surface area contributed by atoms with Gasteiger partial charge in [0.05, 0.1) is 0 Å². The molecule has 14 heavy (non-hydrogen) atoms. The maximum absolute atomic E-state index is 3.54. The first-order valence-electron chi connectivity index (χ1n) is 6.20. The lowest BCUT2D eigenvalue weighted by Crippen LogP contribution is -2.20. The minimum atomic E-state index is 0.857. The minimum Gasteiger partial charge on any atom is -0.317 e. The van der Waals surface area contributed by atoms with Crippen molar-refractivity contribution in [2.24, 2.45) is 11.8 Å². The monoisotopic (exact) mass is 198 g/mol. The molecule has 1 saturated heterocycles. The van der Waals surface area contributed by atoms with Crippen LogP contribution in [-0.2, 0) is 0 Å². The Morgan fingerprint density at radius 3 is 2.86 bits per heavy atom. The van der Waals surface area contributed by atoms with Gasteiger partial charge in [0.15, 0.2) is 0 Å². The molecule has 84 valence electrons. The number of rotatable bonds is 7. The maximum atomic E-state index is 3.54. The largest absolute Gasteiger partial charge is 0.317 e. The van der Waals surface area contributed by atoms with Gasteiger partial charge in [-0.2, -0.15) is 0 Å². The summed E-state index contributed by atoms with van der Waals surface area (Å²) < 4.78 is 0. The van der Waals surface area contributed by atoms with E-state index in [1.807, 2.05) is 0 Å². The molecule has 0 saturated carbocycles. The van der Waals surface area contributed by atoms with Gasteiger partial charge < -0.3 is 10.6 Å². The zero-order valence-corrected chi connectivity index (χ0v) is 9.81. The Labute approximate surface area is 88.8 Å². The highest BCUT2D eigenvalue weighted by Crippen LogP contribution is 2.10. The Morgan fingerprint density at radius 1 is 1.36 bits per heavy atom. The van der Waals surface area contributed by atoms with E-state index in [9.17, 15) is 0 Å². The lowest BCUT2D eigenvalue weighted by Gasteiger charge is -2.09. The molecule has 1 unspecified atom stereocenters. The predicted molar refractivity (Wildman–Crippen MR) is 62.5 cm³/mol. The van der Waals surface area contributed by atoms with Crippen LogP contribution in [0.4, 0.5) is 0 Å². The summed E-state index contributed by atoms with van der Waals surface area (Å²) in [4.78, 5) is 0. The van der Waals surface area contributed by atoms with Crippen LogP contribution in [0.2, 0.25) is 0 Å². The van der Waals surface area contributed by atoms with Gasteiger partial charge in [-0.05, 0) is 63.7 Å². The summed E-state index contributed by atoms with van der Waals surface area (Å²) in [7, 11) is 0. The summed E-state index contributed by atoms with van der Waals surface area (Å²) in [5, 5.41) is 6.95. The molecule has 1 fully saturated rings. The smallest absolute Gasteiger partial charge is 0.00196 e. The zero-order valence-electron chi connectivity index (χ0n) is 9.81. The van der Waals surface area contributed by atoms with Gasteiger partial charge in [-0.1, -0.05) is 13.8 Å². The number of nitrogens with one attached hydrogen (secondary N) is 2. The first-order chi connectivity index (χ1) is 6.79. The van der Waals surface area contributed by atoms with E-state index in [4.69, 9.17) is 0 Å². The molecule has 1 atom stereocenters. The van der Waals surface area contributed by atoms with Crippen LogP contribution in [0.15, 0.2) is 0 Å². The fourth-order valence-corrected chi connectivity index (χ4v) is 2.03. The average molecular weight is 198 g/mol. The van der Waals surface area contributed by atoms with Crippen molar-refractivity contribution in [3.05, 3.63) is 0 Å². The standard InChI is InChI=1S/C12H26N2/c1-11(2)4-3-7-13-8-5-12-6-9-14-10-12/h11-14H,3-10H2,1-2H3. The first kappa shape index (κ1) is 12.0. The fourth-order valence-electron chi connectivity index (χ4n) is 2.03. The fraction of sp³-hybridized carbons (Fsp3) is 1.00. The van der Waals surface area contributed by atoms with Crippen LogP contribution in [0, 0.1) is 11.8 Å². The molecular weight excluding hydrogens is 172 g/mol. The van der Waals surface area contributed by atoms with Crippen LogP contribution in [0.3, 0.4) is 0 Å². The molecule has 2 heteroatoms. The van der Waals surface area contributed by atoms with Crippen molar-refractivity contribution in [3.8, 4) is 0 Å². The number of hydrogen-bond donors (Lipinski definition) is 2. The maximum Gasteiger partial charge on any atom is -0.00196 e. The molecule has 1 heterocycles. The Morgan fingerprint density at radius 2 is 2.21 bits per heavy atom. The van der Waals surface area contributed by atoms with Gasteiger partial charge in [0.2, 0.25) is 0 Å². The summed E-state index contributed by atoms with van der Waals surface area (Å²) in [5.74, 6) is 1.79. The van der Waals surface area contributed by atoms with E-state index in [0.29, 0.717) is 0 Å². The van der Waals surface area contributed by atoms with Gasteiger partial charge >= 0.3 is 0 Å². The Kier molecular flexibility index (Phi) is 6.20. The van der Waals surface area contributed by atoms with E-state index in [1.165, 1.54) is 51.9 Å². The second-order valence-electron chi connectivity index (χ2n) is 4.93. The Bertz CT molecular complexity index is 128. The highest BCUT2D eigenvalue weighted by atomic mass is 14.9. The Balaban J connectivity index is 1.79. The SMILES string of the molecule is CC(C)CCCNCCC1CCNC1. The van der Waals surface area contributed by atoms with Crippen molar-refractivity contribution in [3.63, 3.8) is 0 Å². The van der Waals surface area contributed by atoms with Crippen molar-refractivity contribution in [1.82, 2.24) is 10.6 Å².